The fourth-order valence-corrected chi connectivity index (χ4v) is 6.81. The standard InChI is InChI=1S/C34H30Cl2N2O7S/c1-21-5-7-23(8-6-21)19-37(46(41,42)28-14-9-24(35)10-15-28)20-27-13-12-26(45-27)18-29-32(34(40)44-4)22(2)38(33(29)39)25-11-16-31(43-3)30(36)17-25/h5-18H,19-20H2,1-4H3/b29-18+. The predicted octanol–water partition coefficient (Wildman–Crippen LogP) is 7.17. The van der Waals surface area contributed by atoms with Crippen molar-refractivity contribution < 1.29 is 31.9 Å². The molecule has 1 aliphatic heterocycles. The summed E-state index contributed by atoms with van der Waals surface area (Å²) in [5.41, 5.74) is 2.71. The number of ether oxygens (including phenoxy) is 2. The molecular weight excluding hydrogens is 651 g/mol. The quantitative estimate of drug-likeness (QED) is 0.129. The van der Waals surface area contributed by atoms with E-state index in [-0.39, 0.29) is 39.9 Å². The second-order valence-electron chi connectivity index (χ2n) is 10.5. The number of carbonyl (C=O) groups is 2. The number of sulfonamides is 1. The molecule has 2 heterocycles. The number of nitrogens with zero attached hydrogens (tertiary/aromatic N) is 2. The number of aryl methyl sites for hydroxylation is 1. The van der Waals surface area contributed by atoms with Crippen LogP contribution in [0.3, 0.4) is 0 Å². The summed E-state index contributed by atoms with van der Waals surface area (Å²) in [5.74, 6) is -0.213. The van der Waals surface area contributed by atoms with E-state index >= 15 is 0 Å². The number of esters is 1. The molecule has 0 aliphatic carbocycles. The van der Waals surface area contributed by atoms with Crippen LogP contribution >= 0.6 is 23.2 Å². The maximum Gasteiger partial charge on any atom is 0.340 e. The smallest absolute Gasteiger partial charge is 0.340 e. The second kappa shape index (κ2) is 13.6. The van der Waals surface area contributed by atoms with E-state index < -0.39 is 21.9 Å². The lowest BCUT2D eigenvalue weighted by Crippen LogP contribution is -2.30. The zero-order valence-electron chi connectivity index (χ0n) is 25.4. The number of amides is 1. The third-order valence-corrected chi connectivity index (χ3v) is 9.77. The molecule has 3 aromatic carbocycles. The first-order chi connectivity index (χ1) is 21.9. The lowest BCUT2D eigenvalue weighted by atomic mass is 10.1. The zero-order valence-corrected chi connectivity index (χ0v) is 27.7. The Morgan fingerprint density at radius 1 is 0.935 bits per heavy atom. The molecule has 1 amide bonds. The lowest BCUT2D eigenvalue weighted by Gasteiger charge is -2.21. The molecule has 1 aliphatic rings. The van der Waals surface area contributed by atoms with Crippen molar-refractivity contribution in [3.8, 4) is 5.75 Å². The van der Waals surface area contributed by atoms with Crippen LogP contribution in [0.5, 0.6) is 5.75 Å². The summed E-state index contributed by atoms with van der Waals surface area (Å²) in [6, 6.07) is 21.6. The van der Waals surface area contributed by atoms with Gasteiger partial charge in [0, 0.05) is 17.3 Å². The molecule has 0 radical (unpaired) electrons. The van der Waals surface area contributed by atoms with Crippen LogP contribution in [0.15, 0.2) is 105 Å². The molecule has 1 aromatic heterocycles. The topological polar surface area (TPSA) is 106 Å². The summed E-state index contributed by atoms with van der Waals surface area (Å²) in [6.07, 6.45) is 1.44. The van der Waals surface area contributed by atoms with Crippen LogP contribution in [-0.4, -0.2) is 38.8 Å². The highest BCUT2D eigenvalue weighted by molar-refractivity contribution is 7.89. The van der Waals surface area contributed by atoms with E-state index in [2.05, 4.69) is 0 Å². The normalized spacial score (nSPS) is 14.5. The molecule has 0 fully saturated rings. The van der Waals surface area contributed by atoms with Crippen molar-refractivity contribution in [1.82, 2.24) is 4.31 Å². The summed E-state index contributed by atoms with van der Waals surface area (Å²) in [7, 11) is -1.26. The predicted molar refractivity (Wildman–Crippen MR) is 176 cm³/mol. The third-order valence-electron chi connectivity index (χ3n) is 7.42. The number of furan rings is 1. The third kappa shape index (κ3) is 6.75. The van der Waals surface area contributed by atoms with Crippen LogP contribution in [-0.2, 0) is 37.4 Å². The fourth-order valence-electron chi connectivity index (χ4n) is 5.04. The zero-order chi connectivity index (χ0) is 33.2. The first-order valence-electron chi connectivity index (χ1n) is 14.0. The molecule has 0 N–H and O–H groups in total. The maximum absolute atomic E-state index is 13.8. The van der Waals surface area contributed by atoms with E-state index in [1.54, 1.807) is 37.3 Å². The molecule has 9 nitrogen and oxygen atoms in total. The van der Waals surface area contributed by atoms with Gasteiger partial charge < -0.3 is 13.9 Å². The van der Waals surface area contributed by atoms with Crippen LogP contribution in [0, 0.1) is 6.92 Å². The van der Waals surface area contributed by atoms with Gasteiger partial charge in [-0.25, -0.2) is 13.2 Å². The van der Waals surface area contributed by atoms with E-state index in [1.807, 2.05) is 31.2 Å². The van der Waals surface area contributed by atoms with E-state index in [0.29, 0.717) is 27.9 Å². The van der Waals surface area contributed by atoms with Gasteiger partial charge in [-0.05, 0) is 80.1 Å². The van der Waals surface area contributed by atoms with Crippen molar-refractivity contribution in [2.75, 3.05) is 19.1 Å². The number of hydrogen-bond acceptors (Lipinski definition) is 7. The molecule has 0 saturated heterocycles. The Morgan fingerprint density at radius 3 is 2.26 bits per heavy atom. The van der Waals surface area contributed by atoms with E-state index in [0.717, 1.165) is 11.1 Å². The average molecular weight is 682 g/mol. The minimum Gasteiger partial charge on any atom is -0.495 e. The van der Waals surface area contributed by atoms with E-state index in [9.17, 15) is 18.0 Å². The summed E-state index contributed by atoms with van der Waals surface area (Å²) >= 11 is 12.3. The van der Waals surface area contributed by atoms with Crippen molar-refractivity contribution >= 4 is 56.9 Å². The second-order valence-corrected chi connectivity index (χ2v) is 13.3. The number of benzene rings is 3. The highest BCUT2D eigenvalue weighted by Gasteiger charge is 2.38. The van der Waals surface area contributed by atoms with E-state index in [1.165, 1.54) is 53.8 Å². The SMILES string of the molecule is COC(=O)C1=C(C)N(c2ccc(OC)c(Cl)c2)C(=O)/C1=C/c1ccc(CN(Cc2ccc(C)cc2)S(=O)(=O)c2ccc(Cl)cc2)o1. The molecule has 5 rings (SSSR count). The van der Waals surface area contributed by atoms with Crippen molar-refractivity contribution in [2.24, 2.45) is 0 Å². The largest absolute Gasteiger partial charge is 0.495 e. The lowest BCUT2D eigenvalue weighted by molar-refractivity contribution is -0.136. The van der Waals surface area contributed by atoms with Gasteiger partial charge in [-0.2, -0.15) is 4.31 Å². The Morgan fingerprint density at radius 2 is 1.63 bits per heavy atom. The maximum atomic E-state index is 13.8. The Labute approximate surface area is 277 Å². The number of rotatable bonds is 10. The molecule has 0 bridgehead atoms. The first-order valence-corrected chi connectivity index (χ1v) is 16.2. The van der Waals surface area contributed by atoms with Gasteiger partial charge in [-0.1, -0.05) is 53.0 Å². The minimum atomic E-state index is -3.97. The molecule has 238 valence electrons. The van der Waals surface area contributed by atoms with Crippen LogP contribution in [0.2, 0.25) is 10.0 Å². The van der Waals surface area contributed by atoms with Crippen molar-refractivity contribution in [3.63, 3.8) is 0 Å². The summed E-state index contributed by atoms with van der Waals surface area (Å²) < 4.78 is 45.1. The number of hydrogen-bond donors (Lipinski definition) is 0. The molecule has 0 saturated carbocycles. The number of methoxy groups -OCH3 is 2. The number of halogens is 2. The molecule has 0 spiro atoms. The van der Waals surface area contributed by atoms with Crippen molar-refractivity contribution in [2.45, 2.75) is 31.8 Å². The summed E-state index contributed by atoms with van der Waals surface area (Å²) in [5, 5.41) is 0.704. The fraction of sp³-hybridized carbons (Fsp3) is 0.176. The Balaban J connectivity index is 1.48. The van der Waals surface area contributed by atoms with Gasteiger partial charge in [0.1, 0.15) is 17.3 Å². The minimum absolute atomic E-state index is 0.0440. The van der Waals surface area contributed by atoms with Gasteiger partial charge in [0.05, 0.1) is 47.5 Å². The molecule has 4 aromatic rings. The van der Waals surface area contributed by atoms with Gasteiger partial charge >= 0.3 is 5.97 Å². The van der Waals surface area contributed by atoms with Gasteiger partial charge in [0.2, 0.25) is 10.0 Å². The highest BCUT2D eigenvalue weighted by atomic mass is 35.5. The summed E-state index contributed by atoms with van der Waals surface area (Å²) in [4.78, 5) is 28.0. The van der Waals surface area contributed by atoms with E-state index in [4.69, 9.17) is 37.1 Å². The molecule has 46 heavy (non-hydrogen) atoms. The first kappa shape index (κ1) is 33.0. The van der Waals surface area contributed by atoms with Crippen LogP contribution < -0.4 is 9.64 Å². The molecule has 0 atom stereocenters. The average Bonchev–Trinajstić information content (AvgIpc) is 3.58. The van der Waals surface area contributed by atoms with Crippen LogP contribution in [0.25, 0.3) is 6.08 Å². The van der Waals surface area contributed by atoms with Crippen molar-refractivity contribution in [1.29, 1.82) is 0 Å². The molecule has 0 unspecified atom stereocenters. The molecule has 12 heteroatoms. The van der Waals surface area contributed by atoms with Crippen molar-refractivity contribution in [3.05, 3.63) is 128 Å². The van der Waals surface area contributed by atoms with Crippen LogP contribution in [0.4, 0.5) is 5.69 Å². The number of carbonyl (C=O) groups excluding carboxylic acids is 2. The van der Waals surface area contributed by atoms with Gasteiger partial charge in [0.25, 0.3) is 5.91 Å². The number of allylic oxidation sites excluding steroid dienone is 1. The Bertz CT molecular complexity index is 1970. The molecular formula is C34H30Cl2N2O7S. The van der Waals surface area contributed by atoms with Crippen LogP contribution in [0.1, 0.15) is 29.6 Å². The Hall–Kier alpha value is -4.35. The monoisotopic (exact) mass is 680 g/mol. The van der Waals surface area contributed by atoms with Gasteiger partial charge in [0.15, 0.2) is 0 Å². The number of anilines is 1. The van der Waals surface area contributed by atoms with Gasteiger partial charge in [-0.3, -0.25) is 9.69 Å². The summed E-state index contributed by atoms with van der Waals surface area (Å²) in [6.45, 7) is 3.55. The van der Waals surface area contributed by atoms with Gasteiger partial charge in [-0.15, -0.1) is 0 Å². The highest BCUT2D eigenvalue weighted by Crippen LogP contribution is 2.38. The Kier molecular flexibility index (Phi) is 9.74.